The highest BCUT2D eigenvalue weighted by atomic mass is 16.3. The van der Waals surface area contributed by atoms with E-state index in [-0.39, 0.29) is 24.3 Å². The van der Waals surface area contributed by atoms with Gasteiger partial charge in [0.2, 0.25) is 11.8 Å². The van der Waals surface area contributed by atoms with Crippen LogP contribution in [0.25, 0.3) is 0 Å². The Morgan fingerprint density at radius 3 is 2.48 bits per heavy atom. The normalized spacial score (nSPS) is 21.6. The molecule has 0 spiro atoms. The van der Waals surface area contributed by atoms with Crippen molar-refractivity contribution in [1.29, 1.82) is 0 Å². The molecule has 114 valence electrons. The fraction of sp³-hybridized carbons (Fsp3) is 0.500. The maximum Gasteiger partial charge on any atom is 0.224 e. The van der Waals surface area contributed by atoms with Crippen LogP contribution >= 0.6 is 0 Å². The molecule has 3 N–H and O–H groups in total. The molecule has 0 radical (unpaired) electrons. The highest BCUT2D eigenvalue weighted by molar-refractivity contribution is 5.88. The van der Waals surface area contributed by atoms with Gasteiger partial charge in [0.15, 0.2) is 0 Å². The Labute approximate surface area is 124 Å². The van der Waals surface area contributed by atoms with Crippen molar-refractivity contribution in [2.24, 2.45) is 0 Å². The number of aliphatic hydroxyl groups is 1. The van der Waals surface area contributed by atoms with Gasteiger partial charge in [-0.15, -0.1) is 0 Å². The number of benzene rings is 1. The Bertz CT molecular complexity index is 499. The van der Waals surface area contributed by atoms with E-state index in [4.69, 9.17) is 0 Å². The van der Waals surface area contributed by atoms with Gasteiger partial charge in [0.05, 0.1) is 18.6 Å². The van der Waals surface area contributed by atoms with E-state index in [1.54, 1.807) is 12.1 Å². The maximum absolute atomic E-state index is 12.0. The fourth-order valence-electron chi connectivity index (χ4n) is 2.63. The van der Waals surface area contributed by atoms with Gasteiger partial charge in [-0.25, -0.2) is 0 Å². The molecule has 0 bridgehead atoms. The number of hydrogen-bond donors (Lipinski definition) is 3. The molecule has 2 rings (SSSR count). The van der Waals surface area contributed by atoms with Crippen molar-refractivity contribution in [3.63, 3.8) is 0 Å². The number of nitrogens with one attached hydrogen (secondary N) is 2. The van der Waals surface area contributed by atoms with Gasteiger partial charge in [-0.2, -0.15) is 0 Å². The summed E-state index contributed by atoms with van der Waals surface area (Å²) in [5.41, 5.74) is 1.60. The Morgan fingerprint density at radius 1 is 1.19 bits per heavy atom. The summed E-state index contributed by atoms with van der Waals surface area (Å²) in [5, 5.41) is 15.4. The van der Waals surface area contributed by atoms with Crippen molar-refractivity contribution in [3.05, 3.63) is 29.8 Å². The number of carbonyl (C=O) groups is 2. The Balaban J connectivity index is 1.85. The molecule has 0 aromatic heterocycles. The van der Waals surface area contributed by atoms with E-state index in [1.807, 2.05) is 12.1 Å². The summed E-state index contributed by atoms with van der Waals surface area (Å²) in [7, 11) is 0. The maximum atomic E-state index is 12.0. The summed E-state index contributed by atoms with van der Waals surface area (Å²) < 4.78 is 0. The van der Waals surface area contributed by atoms with Gasteiger partial charge in [0, 0.05) is 12.6 Å². The first-order valence-corrected chi connectivity index (χ1v) is 7.38. The topological polar surface area (TPSA) is 78.4 Å². The van der Waals surface area contributed by atoms with Crippen LogP contribution < -0.4 is 10.6 Å². The molecule has 1 saturated carbocycles. The van der Waals surface area contributed by atoms with Gasteiger partial charge in [-0.3, -0.25) is 9.59 Å². The summed E-state index contributed by atoms with van der Waals surface area (Å²) in [6, 6.07) is 7.08. The monoisotopic (exact) mass is 290 g/mol. The van der Waals surface area contributed by atoms with Crippen LogP contribution in [0, 0.1) is 0 Å². The van der Waals surface area contributed by atoms with Crippen LogP contribution in [0.5, 0.6) is 0 Å². The van der Waals surface area contributed by atoms with Crippen molar-refractivity contribution >= 4 is 17.5 Å². The molecular formula is C16H22N2O3. The molecule has 0 aliphatic heterocycles. The lowest BCUT2D eigenvalue weighted by molar-refractivity contribution is -0.122. The lowest BCUT2D eigenvalue weighted by Gasteiger charge is -2.28. The highest BCUT2D eigenvalue weighted by Crippen LogP contribution is 2.18. The summed E-state index contributed by atoms with van der Waals surface area (Å²) in [4.78, 5) is 22.9. The van der Waals surface area contributed by atoms with Crippen molar-refractivity contribution in [2.45, 2.75) is 51.2 Å². The molecule has 1 aliphatic carbocycles. The van der Waals surface area contributed by atoms with E-state index in [0.29, 0.717) is 0 Å². The minimum Gasteiger partial charge on any atom is -0.391 e. The molecule has 1 aliphatic rings. The molecule has 0 unspecified atom stereocenters. The summed E-state index contributed by atoms with van der Waals surface area (Å²) >= 11 is 0. The average molecular weight is 290 g/mol. The number of aliphatic hydroxyl groups excluding tert-OH is 1. The second kappa shape index (κ2) is 7.22. The lowest BCUT2D eigenvalue weighted by atomic mass is 9.92. The summed E-state index contributed by atoms with van der Waals surface area (Å²) in [6.07, 6.45) is 3.53. The Kier molecular flexibility index (Phi) is 5.33. The van der Waals surface area contributed by atoms with Crippen LogP contribution in [-0.2, 0) is 16.0 Å². The molecule has 2 amide bonds. The van der Waals surface area contributed by atoms with Gasteiger partial charge in [-0.05, 0) is 30.5 Å². The van der Waals surface area contributed by atoms with Gasteiger partial charge in [0.1, 0.15) is 0 Å². The molecular weight excluding hydrogens is 268 g/mol. The van der Waals surface area contributed by atoms with Crippen molar-refractivity contribution in [3.8, 4) is 0 Å². The first kappa shape index (κ1) is 15.5. The average Bonchev–Trinajstić information content (AvgIpc) is 2.43. The van der Waals surface area contributed by atoms with Crippen LogP contribution in [0.15, 0.2) is 24.3 Å². The zero-order chi connectivity index (χ0) is 15.2. The Hall–Kier alpha value is -1.88. The van der Waals surface area contributed by atoms with Crippen LogP contribution in [0.4, 0.5) is 5.69 Å². The third-order valence-corrected chi connectivity index (χ3v) is 3.71. The number of anilines is 1. The van der Waals surface area contributed by atoms with E-state index in [0.717, 1.165) is 36.9 Å². The third-order valence-electron chi connectivity index (χ3n) is 3.71. The van der Waals surface area contributed by atoms with Crippen LogP contribution in [0.2, 0.25) is 0 Å². The van der Waals surface area contributed by atoms with Crippen molar-refractivity contribution in [1.82, 2.24) is 5.32 Å². The second-order valence-corrected chi connectivity index (χ2v) is 5.58. The zero-order valence-corrected chi connectivity index (χ0v) is 12.3. The first-order chi connectivity index (χ1) is 10.0. The van der Waals surface area contributed by atoms with Crippen molar-refractivity contribution in [2.75, 3.05) is 5.32 Å². The largest absolute Gasteiger partial charge is 0.391 e. The second-order valence-electron chi connectivity index (χ2n) is 5.58. The van der Waals surface area contributed by atoms with E-state index in [2.05, 4.69) is 10.6 Å². The summed E-state index contributed by atoms with van der Waals surface area (Å²) in [6.45, 7) is 1.46. The van der Waals surface area contributed by atoms with Gasteiger partial charge >= 0.3 is 0 Å². The van der Waals surface area contributed by atoms with Crippen LogP contribution in [-0.4, -0.2) is 29.1 Å². The van der Waals surface area contributed by atoms with E-state index in [1.165, 1.54) is 6.92 Å². The molecule has 1 aromatic rings. The Morgan fingerprint density at radius 2 is 1.86 bits per heavy atom. The molecule has 1 fully saturated rings. The SMILES string of the molecule is CC(=O)Nc1ccc(CC(=O)N[C@@H]2CCCC[C@H]2O)cc1. The van der Waals surface area contributed by atoms with Crippen molar-refractivity contribution < 1.29 is 14.7 Å². The summed E-state index contributed by atoms with van der Waals surface area (Å²) in [5.74, 6) is -0.194. The minimum absolute atomic E-state index is 0.0757. The highest BCUT2D eigenvalue weighted by Gasteiger charge is 2.24. The third kappa shape index (κ3) is 4.86. The van der Waals surface area contributed by atoms with Crippen LogP contribution in [0.1, 0.15) is 38.2 Å². The number of hydrogen-bond acceptors (Lipinski definition) is 3. The van der Waals surface area contributed by atoms with E-state index < -0.39 is 6.10 Å². The molecule has 0 saturated heterocycles. The van der Waals surface area contributed by atoms with Crippen LogP contribution in [0.3, 0.4) is 0 Å². The standard InChI is InChI=1S/C16H22N2O3/c1-11(19)17-13-8-6-12(7-9-13)10-16(21)18-14-4-2-3-5-15(14)20/h6-9,14-15,20H,2-5,10H2,1H3,(H,17,19)(H,18,21)/t14-,15-/m1/s1. The van der Waals surface area contributed by atoms with E-state index >= 15 is 0 Å². The van der Waals surface area contributed by atoms with Gasteiger partial charge in [0.25, 0.3) is 0 Å². The number of amides is 2. The predicted molar refractivity (Wildman–Crippen MR) is 80.9 cm³/mol. The van der Waals surface area contributed by atoms with E-state index in [9.17, 15) is 14.7 Å². The molecule has 5 heteroatoms. The molecule has 2 atom stereocenters. The quantitative estimate of drug-likeness (QED) is 0.788. The van der Waals surface area contributed by atoms with Gasteiger partial charge < -0.3 is 15.7 Å². The first-order valence-electron chi connectivity index (χ1n) is 7.38. The van der Waals surface area contributed by atoms with Gasteiger partial charge in [-0.1, -0.05) is 25.0 Å². The minimum atomic E-state index is -0.426. The molecule has 21 heavy (non-hydrogen) atoms. The number of carbonyl (C=O) groups excluding carboxylic acids is 2. The molecule has 5 nitrogen and oxygen atoms in total. The predicted octanol–water partition coefficient (Wildman–Crippen LogP) is 1.61. The lowest BCUT2D eigenvalue weighted by Crippen LogP contribution is -2.45. The fourth-order valence-corrected chi connectivity index (χ4v) is 2.63. The zero-order valence-electron chi connectivity index (χ0n) is 12.3. The number of rotatable bonds is 4. The smallest absolute Gasteiger partial charge is 0.224 e. The molecule has 0 heterocycles. The molecule has 1 aromatic carbocycles.